The molecule has 0 bridgehead atoms. The number of rotatable bonds is 2. The molecule has 0 amide bonds. The van der Waals surface area contributed by atoms with Crippen molar-refractivity contribution in [2.24, 2.45) is 0 Å². The van der Waals surface area contributed by atoms with Gasteiger partial charge in [0.1, 0.15) is 0 Å². The fourth-order valence-electron chi connectivity index (χ4n) is 1.49. The monoisotopic (exact) mass is 285 g/mol. The largest absolute Gasteiger partial charge is 1.00 e. The molecule has 0 aliphatic heterocycles. The molecule has 0 atom stereocenters. The van der Waals surface area contributed by atoms with Crippen molar-refractivity contribution in [2.45, 2.75) is 6.18 Å². The second-order valence-electron chi connectivity index (χ2n) is 3.79. The van der Waals surface area contributed by atoms with Crippen molar-refractivity contribution < 1.29 is 30.6 Å². The molecular formula is C14H11ClF3N. The van der Waals surface area contributed by atoms with Crippen molar-refractivity contribution >= 4 is 12.2 Å². The van der Waals surface area contributed by atoms with E-state index in [9.17, 15) is 13.2 Å². The molecular weight excluding hydrogens is 275 g/mol. The second kappa shape index (κ2) is 6.38. The first-order chi connectivity index (χ1) is 8.55. The highest BCUT2D eigenvalue weighted by Gasteiger charge is 2.29. The van der Waals surface area contributed by atoms with E-state index in [1.54, 1.807) is 18.5 Å². The molecule has 0 saturated heterocycles. The van der Waals surface area contributed by atoms with Crippen LogP contribution in [0.1, 0.15) is 16.7 Å². The van der Waals surface area contributed by atoms with Gasteiger partial charge in [0.15, 0.2) is 12.4 Å². The van der Waals surface area contributed by atoms with Gasteiger partial charge in [-0.2, -0.15) is 13.2 Å². The third kappa shape index (κ3) is 4.41. The quantitative estimate of drug-likeness (QED) is 0.771. The smallest absolute Gasteiger partial charge is 0.416 e. The maximum absolute atomic E-state index is 12.3. The van der Waals surface area contributed by atoms with E-state index in [2.05, 4.69) is 4.98 Å². The van der Waals surface area contributed by atoms with Gasteiger partial charge in [-0.1, -0.05) is 24.3 Å². The average Bonchev–Trinajstić information content (AvgIpc) is 2.37. The Hall–Kier alpha value is -1.81. The molecule has 1 N–H and O–H groups in total. The molecule has 0 spiro atoms. The molecule has 0 saturated carbocycles. The van der Waals surface area contributed by atoms with Gasteiger partial charge in [-0.25, -0.2) is 4.98 Å². The van der Waals surface area contributed by atoms with E-state index in [1.807, 2.05) is 18.2 Å². The van der Waals surface area contributed by atoms with Crippen LogP contribution in [0.4, 0.5) is 13.2 Å². The van der Waals surface area contributed by atoms with E-state index >= 15 is 0 Å². The zero-order valence-electron chi connectivity index (χ0n) is 9.79. The van der Waals surface area contributed by atoms with Gasteiger partial charge in [-0.05, 0) is 23.3 Å². The third-order valence-electron chi connectivity index (χ3n) is 2.45. The van der Waals surface area contributed by atoms with Gasteiger partial charge >= 0.3 is 6.18 Å². The topological polar surface area (TPSA) is 14.1 Å². The van der Waals surface area contributed by atoms with Gasteiger partial charge < -0.3 is 12.4 Å². The number of aromatic amines is 1. The second-order valence-corrected chi connectivity index (χ2v) is 3.79. The third-order valence-corrected chi connectivity index (χ3v) is 2.45. The summed E-state index contributed by atoms with van der Waals surface area (Å²) in [5.74, 6) is 0. The Morgan fingerprint density at radius 3 is 1.74 bits per heavy atom. The summed E-state index contributed by atoms with van der Waals surface area (Å²) in [6.45, 7) is 0. The Kier molecular flexibility index (Phi) is 5.12. The molecule has 5 heteroatoms. The van der Waals surface area contributed by atoms with Crippen LogP contribution in [0.5, 0.6) is 0 Å². The predicted octanol–water partition coefficient (Wildman–Crippen LogP) is 0.694. The summed E-state index contributed by atoms with van der Waals surface area (Å²) in [7, 11) is 0. The molecule has 19 heavy (non-hydrogen) atoms. The zero-order valence-corrected chi connectivity index (χ0v) is 10.5. The summed E-state index contributed by atoms with van der Waals surface area (Å²) in [5, 5.41) is 0. The molecule has 0 aliphatic carbocycles. The number of benzene rings is 1. The number of aromatic nitrogens is 1. The Morgan fingerprint density at radius 1 is 0.789 bits per heavy atom. The first-order valence-electron chi connectivity index (χ1n) is 5.37. The van der Waals surface area contributed by atoms with Gasteiger partial charge in [-0.15, -0.1) is 0 Å². The van der Waals surface area contributed by atoms with Gasteiger partial charge in [0, 0.05) is 12.1 Å². The number of pyridine rings is 1. The molecule has 1 heterocycles. The van der Waals surface area contributed by atoms with Crippen molar-refractivity contribution in [1.29, 1.82) is 0 Å². The van der Waals surface area contributed by atoms with Crippen LogP contribution in [0.3, 0.4) is 0 Å². The SMILES string of the molecule is FC(F)(F)c1ccc(/C=C/c2cc[nH+]cc2)cc1.[Cl-]. The molecule has 0 radical (unpaired) electrons. The van der Waals surface area contributed by atoms with Crippen molar-refractivity contribution in [3.63, 3.8) is 0 Å². The Morgan fingerprint density at radius 2 is 1.26 bits per heavy atom. The van der Waals surface area contributed by atoms with Gasteiger partial charge in [0.25, 0.3) is 0 Å². The molecule has 100 valence electrons. The van der Waals surface area contributed by atoms with Gasteiger partial charge in [-0.3, -0.25) is 0 Å². The van der Waals surface area contributed by atoms with E-state index < -0.39 is 11.7 Å². The zero-order chi connectivity index (χ0) is 13.0. The highest BCUT2D eigenvalue weighted by atomic mass is 35.5. The van der Waals surface area contributed by atoms with Crippen molar-refractivity contribution in [3.8, 4) is 0 Å². The van der Waals surface area contributed by atoms with E-state index in [4.69, 9.17) is 0 Å². The Balaban J connectivity index is 0.00000180. The van der Waals surface area contributed by atoms with Gasteiger partial charge in [0.05, 0.1) is 5.56 Å². The van der Waals surface area contributed by atoms with Crippen LogP contribution in [-0.2, 0) is 6.18 Å². The lowest BCUT2D eigenvalue weighted by Crippen LogP contribution is -3.00. The summed E-state index contributed by atoms with van der Waals surface area (Å²) in [6.07, 6.45) is 2.91. The van der Waals surface area contributed by atoms with Crippen LogP contribution in [0.25, 0.3) is 12.2 Å². The van der Waals surface area contributed by atoms with Crippen LogP contribution < -0.4 is 17.4 Å². The molecule has 2 aromatic rings. The minimum atomic E-state index is -4.28. The fraction of sp³-hybridized carbons (Fsp3) is 0.0714. The number of hydrogen-bond donors (Lipinski definition) is 0. The first-order valence-corrected chi connectivity index (χ1v) is 5.37. The van der Waals surface area contributed by atoms with E-state index in [0.29, 0.717) is 0 Å². The molecule has 1 aromatic carbocycles. The van der Waals surface area contributed by atoms with Crippen LogP contribution in [0.15, 0.2) is 48.8 Å². The maximum Gasteiger partial charge on any atom is 0.416 e. The first kappa shape index (κ1) is 15.2. The Labute approximate surface area is 115 Å². The maximum atomic E-state index is 12.3. The lowest BCUT2D eigenvalue weighted by atomic mass is 10.1. The number of hydrogen-bond acceptors (Lipinski definition) is 0. The molecule has 2 rings (SSSR count). The summed E-state index contributed by atoms with van der Waals surface area (Å²) in [6, 6.07) is 8.82. The molecule has 1 nitrogen and oxygen atoms in total. The lowest BCUT2D eigenvalue weighted by molar-refractivity contribution is -0.378. The lowest BCUT2D eigenvalue weighted by Gasteiger charge is -2.05. The van der Waals surface area contributed by atoms with Crippen LogP contribution in [0, 0.1) is 0 Å². The number of alkyl halides is 3. The van der Waals surface area contributed by atoms with E-state index in [-0.39, 0.29) is 12.4 Å². The van der Waals surface area contributed by atoms with Crippen molar-refractivity contribution in [1.82, 2.24) is 0 Å². The van der Waals surface area contributed by atoms with E-state index in [1.165, 1.54) is 12.1 Å². The van der Waals surface area contributed by atoms with Crippen molar-refractivity contribution in [2.75, 3.05) is 0 Å². The van der Waals surface area contributed by atoms with Crippen LogP contribution in [-0.4, -0.2) is 0 Å². The highest BCUT2D eigenvalue weighted by Crippen LogP contribution is 2.29. The molecule has 0 fully saturated rings. The average molecular weight is 286 g/mol. The number of halogens is 4. The number of nitrogens with one attached hydrogen (secondary N) is 1. The van der Waals surface area contributed by atoms with Crippen molar-refractivity contribution in [3.05, 3.63) is 65.5 Å². The normalized spacial score (nSPS) is 11.3. The summed E-state index contributed by atoms with van der Waals surface area (Å²) in [4.78, 5) is 2.90. The standard InChI is InChI=1S/C14H10F3N.ClH/c15-14(16,17)13-5-3-11(4-6-13)1-2-12-7-9-18-10-8-12;/h1-10H;1H/b2-1+;. The minimum Gasteiger partial charge on any atom is -1.00 e. The van der Waals surface area contributed by atoms with Gasteiger partial charge in [0.2, 0.25) is 0 Å². The van der Waals surface area contributed by atoms with Crippen LogP contribution >= 0.6 is 0 Å². The van der Waals surface area contributed by atoms with E-state index in [0.717, 1.165) is 23.3 Å². The predicted molar refractivity (Wildman–Crippen MR) is 63.4 cm³/mol. The minimum absolute atomic E-state index is 0. The molecule has 0 aliphatic rings. The Bertz CT molecular complexity index is 533. The van der Waals surface area contributed by atoms with Crippen LogP contribution in [0.2, 0.25) is 0 Å². The summed E-state index contributed by atoms with van der Waals surface area (Å²) < 4.78 is 37.0. The fourth-order valence-corrected chi connectivity index (χ4v) is 1.49. The highest BCUT2D eigenvalue weighted by molar-refractivity contribution is 5.69. The summed E-state index contributed by atoms with van der Waals surface area (Å²) >= 11 is 0. The molecule has 0 unspecified atom stereocenters. The number of H-pyrrole nitrogens is 1. The summed E-state index contributed by atoms with van der Waals surface area (Å²) in [5.41, 5.74) is 1.08. The molecule has 1 aromatic heterocycles.